The molecule has 7 nitrogen and oxygen atoms in total. The largest absolute Gasteiger partial charge is 0.496 e. The van der Waals surface area contributed by atoms with Gasteiger partial charge in [0, 0.05) is 33.9 Å². The van der Waals surface area contributed by atoms with Gasteiger partial charge in [0.1, 0.15) is 5.75 Å². The van der Waals surface area contributed by atoms with Gasteiger partial charge in [0.15, 0.2) is 11.6 Å². The summed E-state index contributed by atoms with van der Waals surface area (Å²) in [5, 5.41) is 6.51. The SMILES string of the molecule is COc1ccc(Nc2ncc(F)c(NC3CC(C)(C)N(C)C(C)(C)C3)n2)cc1-c1ccoc1. The van der Waals surface area contributed by atoms with E-state index >= 15 is 0 Å². The second-order valence-corrected chi connectivity index (χ2v) is 9.88. The number of aromatic nitrogens is 2. The molecule has 2 N–H and O–H groups in total. The van der Waals surface area contributed by atoms with E-state index in [1.54, 1.807) is 19.6 Å². The minimum Gasteiger partial charge on any atom is -0.496 e. The van der Waals surface area contributed by atoms with Crippen LogP contribution in [0.4, 0.5) is 21.8 Å². The van der Waals surface area contributed by atoms with Crippen LogP contribution in [0.25, 0.3) is 11.1 Å². The van der Waals surface area contributed by atoms with E-state index in [1.807, 2.05) is 24.3 Å². The minimum absolute atomic E-state index is 0.0173. The van der Waals surface area contributed by atoms with Crippen molar-refractivity contribution < 1.29 is 13.5 Å². The Morgan fingerprint density at radius 3 is 2.52 bits per heavy atom. The predicted molar refractivity (Wildman–Crippen MR) is 129 cm³/mol. The fraction of sp³-hybridized carbons (Fsp3) is 0.440. The van der Waals surface area contributed by atoms with Crippen LogP contribution in [-0.4, -0.2) is 46.1 Å². The van der Waals surface area contributed by atoms with Crippen molar-refractivity contribution in [2.75, 3.05) is 24.8 Å². The smallest absolute Gasteiger partial charge is 0.229 e. The molecular weight excluding hydrogens is 421 g/mol. The second-order valence-electron chi connectivity index (χ2n) is 9.88. The monoisotopic (exact) mass is 453 g/mol. The standard InChI is InChI=1S/C25H32FN5O2/c1-24(2)12-18(13-25(3,4)31(24)5)28-22-20(26)14-27-23(30-22)29-17-7-8-21(32-6)19(11-17)16-9-10-33-15-16/h7-11,14-15,18H,12-13H2,1-6H3,(H2,27,28,29,30). The summed E-state index contributed by atoms with van der Waals surface area (Å²) in [5.74, 6) is 0.770. The van der Waals surface area contributed by atoms with Crippen molar-refractivity contribution in [2.24, 2.45) is 0 Å². The number of nitrogens with one attached hydrogen (secondary N) is 2. The van der Waals surface area contributed by atoms with Crippen molar-refractivity contribution in [2.45, 2.75) is 57.7 Å². The van der Waals surface area contributed by atoms with Crippen molar-refractivity contribution in [1.82, 2.24) is 14.9 Å². The van der Waals surface area contributed by atoms with Crippen LogP contribution in [0.15, 0.2) is 47.4 Å². The quantitative estimate of drug-likeness (QED) is 0.496. The molecule has 1 saturated heterocycles. The van der Waals surface area contributed by atoms with Crippen LogP contribution in [0, 0.1) is 5.82 Å². The van der Waals surface area contributed by atoms with Gasteiger partial charge < -0.3 is 19.8 Å². The van der Waals surface area contributed by atoms with Gasteiger partial charge in [-0.2, -0.15) is 4.98 Å². The highest BCUT2D eigenvalue weighted by Crippen LogP contribution is 2.38. The molecule has 8 heteroatoms. The molecule has 3 aromatic rings. The van der Waals surface area contributed by atoms with Crippen molar-refractivity contribution >= 4 is 17.5 Å². The zero-order valence-electron chi connectivity index (χ0n) is 20.1. The highest BCUT2D eigenvalue weighted by molar-refractivity contribution is 5.75. The molecule has 4 rings (SSSR count). The van der Waals surface area contributed by atoms with Crippen LogP contribution < -0.4 is 15.4 Å². The van der Waals surface area contributed by atoms with Crippen LogP contribution >= 0.6 is 0 Å². The zero-order chi connectivity index (χ0) is 23.8. The molecule has 33 heavy (non-hydrogen) atoms. The number of furan rings is 1. The van der Waals surface area contributed by atoms with E-state index in [4.69, 9.17) is 9.15 Å². The van der Waals surface area contributed by atoms with E-state index in [-0.39, 0.29) is 22.9 Å². The van der Waals surface area contributed by atoms with Crippen LogP contribution in [0.2, 0.25) is 0 Å². The average Bonchev–Trinajstić information content (AvgIpc) is 3.29. The normalized spacial score (nSPS) is 18.2. The number of hydrogen-bond acceptors (Lipinski definition) is 7. The first-order valence-electron chi connectivity index (χ1n) is 11.1. The lowest BCUT2D eigenvalue weighted by Crippen LogP contribution is -2.61. The van der Waals surface area contributed by atoms with Gasteiger partial charge in [0.2, 0.25) is 5.95 Å². The molecule has 3 heterocycles. The van der Waals surface area contributed by atoms with Gasteiger partial charge in [-0.05, 0) is 71.8 Å². The van der Waals surface area contributed by atoms with Crippen molar-refractivity contribution in [3.8, 4) is 16.9 Å². The van der Waals surface area contributed by atoms with Crippen molar-refractivity contribution in [3.63, 3.8) is 0 Å². The van der Waals surface area contributed by atoms with Crippen molar-refractivity contribution in [1.29, 1.82) is 0 Å². The van der Waals surface area contributed by atoms with Gasteiger partial charge in [-0.25, -0.2) is 9.37 Å². The second kappa shape index (κ2) is 8.67. The molecule has 0 unspecified atom stereocenters. The first-order chi connectivity index (χ1) is 15.6. The molecule has 1 aliphatic heterocycles. The van der Waals surface area contributed by atoms with Crippen LogP contribution in [0.1, 0.15) is 40.5 Å². The first-order valence-corrected chi connectivity index (χ1v) is 11.1. The van der Waals surface area contributed by atoms with E-state index in [9.17, 15) is 4.39 Å². The Balaban J connectivity index is 1.56. The molecule has 1 aliphatic rings. The van der Waals surface area contributed by atoms with E-state index in [0.29, 0.717) is 5.95 Å². The van der Waals surface area contributed by atoms with Gasteiger partial charge in [0.25, 0.3) is 0 Å². The number of ether oxygens (including phenoxy) is 1. The van der Waals surface area contributed by atoms with E-state index in [1.165, 1.54) is 6.20 Å². The predicted octanol–water partition coefficient (Wildman–Crippen LogP) is 5.69. The number of benzene rings is 1. The molecule has 0 atom stereocenters. The summed E-state index contributed by atoms with van der Waals surface area (Å²) >= 11 is 0. The van der Waals surface area contributed by atoms with Gasteiger partial charge in [-0.1, -0.05) is 0 Å². The third-order valence-corrected chi connectivity index (χ3v) is 6.68. The van der Waals surface area contributed by atoms with Gasteiger partial charge >= 0.3 is 0 Å². The summed E-state index contributed by atoms with van der Waals surface area (Å²) in [6.45, 7) is 8.86. The molecule has 176 valence electrons. The average molecular weight is 454 g/mol. The molecule has 0 aliphatic carbocycles. The highest BCUT2D eigenvalue weighted by atomic mass is 19.1. The minimum atomic E-state index is -0.469. The lowest BCUT2D eigenvalue weighted by Gasteiger charge is -2.53. The number of rotatable bonds is 6. The number of piperidine rings is 1. The topological polar surface area (TPSA) is 75.5 Å². The molecule has 2 aromatic heterocycles. The maximum atomic E-state index is 14.6. The summed E-state index contributed by atoms with van der Waals surface area (Å²) in [7, 11) is 3.77. The summed E-state index contributed by atoms with van der Waals surface area (Å²) in [6.07, 6.45) is 6.23. The van der Waals surface area contributed by atoms with Gasteiger partial charge in [-0.15, -0.1) is 0 Å². The maximum Gasteiger partial charge on any atom is 0.229 e. The number of hydrogen-bond donors (Lipinski definition) is 2. The number of methoxy groups -OCH3 is 1. The Bertz CT molecular complexity index is 1100. The van der Waals surface area contributed by atoms with E-state index < -0.39 is 5.82 Å². The van der Waals surface area contributed by atoms with Gasteiger partial charge in [0.05, 0.1) is 25.8 Å². The number of nitrogens with zero attached hydrogens (tertiary/aromatic N) is 3. The molecular formula is C25H32FN5O2. The fourth-order valence-corrected chi connectivity index (χ4v) is 4.75. The zero-order valence-corrected chi connectivity index (χ0v) is 20.1. The third-order valence-electron chi connectivity index (χ3n) is 6.68. The number of anilines is 3. The summed E-state index contributed by atoms with van der Waals surface area (Å²) in [5.41, 5.74) is 2.48. The lowest BCUT2D eigenvalue weighted by atomic mass is 9.77. The van der Waals surface area contributed by atoms with Crippen LogP contribution in [-0.2, 0) is 0 Å². The molecule has 1 fully saturated rings. The Morgan fingerprint density at radius 2 is 1.88 bits per heavy atom. The molecule has 0 spiro atoms. The summed E-state index contributed by atoms with van der Waals surface area (Å²) in [4.78, 5) is 11.0. The Hall–Kier alpha value is -3.13. The van der Waals surface area contributed by atoms with Crippen molar-refractivity contribution in [3.05, 3.63) is 48.8 Å². The molecule has 0 bridgehead atoms. The van der Waals surface area contributed by atoms with E-state index in [0.717, 1.165) is 35.4 Å². The molecule has 0 saturated carbocycles. The Morgan fingerprint density at radius 1 is 1.15 bits per heavy atom. The summed E-state index contributed by atoms with van der Waals surface area (Å²) < 4.78 is 25.3. The van der Waals surface area contributed by atoms with Gasteiger partial charge in [-0.3, -0.25) is 4.90 Å². The lowest BCUT2D eigenvalue weighted by molar-refractivity contribution is -0.00778. The number of halogens is 1. The molecule has 0 radical (unpaired) electrons. The molecule has 1 aromatic carbocycles. The number of likely N-dealkylation sites (tertiary alicyclic amines) is 1. The van der Waals surface area contributed by atoms with E-state index in [2.05, 4.69) is 60.2 Å². The highest BCUT2D eigenvalue weighted by Gasteiger charge is 2.43. The summed E-state index contributed by atoms with van der Waals surface area (Å²) in [6, 6.07) is 7.60. The third kappa shape index (κ3) is 4.80. The molecule has 0 amide bonds. The fourth-order valence-electron chi connectivity index (χ4n) is 4.75. The first kappa shape index (κ1) is 23.0. The Labute approximate surface area is 194 Å². The maximum absolute atomic E-state index is 14.6. The van der Waals surface area contributed by atoms with Crippen LogP contribution in [0.3, 0.4) is 0 Å². The van der Waals surface area contributed by atoms with Crippen LogP contribution in [0.5, 0.6) is 5.75 Å². The Kier molecular flexibility index (Phi) is 6.05.